The van der Waals surface area contributed by atoms with Crippen molar-refractivity contribution >= 4 is 22.0 Å². The van der Waals surface area contributed by atoms with Crippen LogP contribution >= 0.6 is 15.9 Å². The molecule has 0 atom stereocenters. The molecule has 27 heavy (non-hydrogen) atoms. The van der Waals surface area contributed by atoms with Gasteiger partial charge in [0.2, 0.25) is 5.69 Å². The van der Waals surface area contributed by atoms with Crippen LogP contribution < -0.4 is 10.3 Å². The maximum absolute atomic E-state index is 13.7. The molecule has 1 fully saturated rings. The number of rotatable bonds is 3. The Morgan fingerprint density at radius 3 is 2.67 bits per heavy atom. The van der Waals surface area contributed by atoms with Crippen LogP contribution in [-0.2, 0) is 0 Å². The molecule has 0 aliphatic carbocycles. The maximum Gasteiger partial charge on any atom is 0.407 e. The number of hydrogen-bond donors (Lipinski definition) is 1. The van der Waals surface area contributed by atoms with Crippen LogP contribution in [0.4, 0.5) is 9.18 Å². The molecule has 2 heterocycles. The first-order valence-corrected chi connectivity index (χ1v) is 8.83. The smallest absolute Gasteiger partial charge is 0.407 e. The van der Waals surface area contributed by atoms with Crippen LogP contribution in [0.3, 0.4) is 0 Å². The van der Waals surface area contributed by atoms with Gasteiger partial charge in [0.15, 0.2) is 5.75 Å². The summed E-state index contributed by atoms with van der Waals surface area (Å²) in [6.45, 7) is 0.620. The van der Waals surface area contributed by atoms with E-state index < -0.39 is 17.5 Å². The zero-order valence-electron chi connectivity index (χ0n) is 13.9. The standard InChI is InChI=1S/C17H14BrFN4O4/c18-12-2-1-10(7-13(12)19)23-16(24)8-15(14(9-20)21-23)27-11-3-5-22(6-4-11)17(25)26/h1-2,7-8,11H,3-6H2,(H,25,26). The Hall–Kier alpha value is -2.93. The third-order valence-electron chi connectivity index (χ3n) is 4.16. The Morgan fingerprint density at radius 1 is 1.37 bits per heavy atom. The van der Waals surface area contributed by atoms with E-state index >= 15 is 0 Å². The number of hydrogen-bond acceptors (Lipinski definition) is 5. The van der Waals surface area contributed by atoms with Crippen molar-refractivity contribution in [3.8, 4) is 17.5 Å². The molecule has 0 spiro atoms. The normalized spacial score (nSPS) is 14.6. The number of carboxylic acid groups (broad SMARTS) is 1. The van der Waals surface area contributed by atoms with Crippen LogP contribution in [-0.4, -0.2) is 45.1 Å². The Kier molecular flexibility index (Phi) is 5.41. The number of halogens is 2. The number of nitrogens with zero attached hydrogens (tertiary/aromatic N) is 4. The van der Waals surface area contributed by atoms with Gasteiger partial charge in [-0.25, -0.2) is 9.18 Å². The van der Waals surface area contributed by atoms with E-state index in [4.69, 9.17) is 9.84 Å². The van der Waals surface area contributed by atoms with Gasteiger partial charge in [0, 0.05) is 32.0 Å². The molecule has 1 aromatic carbocycles. The van der Waals surface area contributed by atoms with Crippen molar-refractivity contribution in [1.82, 2.24) is 14.7 Å². The molecule has 1 aliphatic rings. The average Bonchev–Trinajstić information content (AvgIpc) is 2.65. The molecular weight excluding hydrogens is 423 g/mol. The van der Waals surface area contributed by atoms with Gasteiger partial charge in [-0.05, 0) is 28.1 Å². The van der Waals surface area contributed by atoms with Gasteiger partial charge in [-0.15, -0.1) is 5.10 Å². The van der Waals surface area contributed by atoms with E-state index in [1.165, 1.54) is 17.0 Å². The van der Waals surface area contributed by atoms with E-state index in [1.807, 2.05) is 6.07 Å². The maximum atomic E-state index is 13.7. The Bertz CT molecular complexity index is 980. The van der Waals surface area contributed by atoms with E-state index in [2.05, 4.69) is 21.0 Å². The van der Waals surface area contributed by atoms with Crippen molar-refractivity contribution in [2.45, 2.75) is 18.9 Å². The molecule has 8 nitrogen and oxygen atoms in total. The van der Waals surface area contributed by atoms with Crippen molar-refractivity contribution in [2.75, 3.05) is 13.1 Å². The second-order valence-electron chi connectivity index (χ2n) is 5.90. The number of ether oxygens (including phenoxy) is 1. The van der Waals surface area contributed by atoms with Gasteiger partial charge in [-0.2, -0.15) is 9.94 Å². The quantitative estimate of drug-likeness (QED) is 0.791. The molecule has 10 heteroatoms. The summed E-state index contributed by atoms with van der Waals surface area (Å²) in [6, 6.07) is 7.06. The fourth-order valence-corrected chi connectivity index (χ4v) is 3.00. The number of likely N-dealkylation sites (tertiary alicyclic amines) is 1. The molecule has 0 bridgehead atoms. The summed E-state index contributed by atoms with van der Waals surface area (Å²) in [5.74, 6) is -0.532. The zero-order valence-corrected chi connectivity index (χ0v) is 15.5. The summed E-state index contributed by atoms with van der Waals surface area (Å²) in [6.07, 6.45) is -0.428. The topological polar surface area (TPSA) is 108 Å². The molecule has 140 valence electrons. The van der Waals surface area contributed by atoms with Gasteiger partial charge in [-0.1, -0.05) is 0 Å². The van der Waals surface area contributed by atoms with Crippen molar-refractivity contribution < 1.29 is 19.0 Å². The largest absolute Gasteiger partial charge is 0.487 e. The molecular formula is C17H14BrFN4O4. The van der Waals surface area contributed by atoms with Crippen molar-refractivity contribution in [2.24, 2.45) is 0 Å². The van der Waals surface area contributed by atoms with Gasteiger partial charge in [0.05, 0.1) is 16.2 Å². The van der Waals surface area contributed by atoms with Crippen molar-refractivity contribution in [1.29, 1.82) is 5.26 Å². The van der Waals surface area contributed by atoms with Crippen LogP contribution in [0.5, 0.6) is 5.75 Å². The first-order chi connectivity index (χ1) is 12.9. The molecule has 1 aromatic heterocycles. The van der Waals surface area contributed by atoms with Gasteiger partial charge in [0.25, 0.3) is 5.56 Å². The van der Waals surface area contributed by atoms with Crippen molar-refractivity contribution in [3.05, 3.63) is 50.6 Å². The Balaban J connectivity index is 1.85. The average molecular weight is 437 g/mol. The van der Waals surface area contributed by atoms with Gasteiger partial charge < -0.3 is 14.7 Å². The van der Waals surface area contributed by atoms with Crippen molar-refractivity contribution in [3.63, 3.8) is 0 Å². The predicted molar refractivity (Wildman–Crippen MR) is 95.5 cm³/mol. The molecule has 0 saturated carbocycles. The van der Waals surface area contributed by atoms with E-state index in [0.717, 1.165) is 16.8 Å². The lowest BCUT2D eigenvalue weighted by Crippen LogP contribution is -2.41. The first kappa shape index (κ1) is 18.8. The highest BCUT2D eigenvalue weighted by Crippen LogP contribution is 2.22. The lowest BCUT2D eigenvalue weighted by atomic mass is 10.1. The minimum Gasteiger partial charge on any atom is -0.487 e. The van der Waals surface area contributed by atoms with Gasteiger partial charge >= 0.3 is 6.09 Å². The summed E-state index contributed by atoms with van der Waals surface area (Å²) in [7, 11) is 0. The molecule has 1 amide bonds. The highest BCUT2D eigenvalue weighted by Gasteiger charge is 2.25. The zero-order chi connectivity index (χ0) is 19.6. The number of amides is 1. The number of piperidine rings is 1. The third-order valence-corrected chi connectivity index (χ3v) is 4.80. The fourth-order valence-electron chi connectivity index (χ4n) is 2.75. The van der Waals surface area contributed by atoms with Gasteiger partial charge in [-0.3, -0.25) is 4.79 Å². The molecule has 1 aliphatic heterocycles. The number of benzene rings is 1. The third kappa shape index (κ3) is 4.09. The molecule has 3 rings (SSSR count). The minimum absolute atomic E-state index is 0.0325. The molecule has 0 unspecified atom stereocenters. The van der Waals surface area contributed by atoms with E-state index in [-0.39, 0.29) is 27.7 Å². The van der Waals surface area contributed by atoms with E-state index in [0.29, 0.717) is 25.9 Å². The molecule has 0 radical (unpaired) electrons. The summed E-state index contributed by atoms with van der Waals surface area (Å²) in [5.41, 5.74) is -0.509. The summed E-state index contributed by atoms with van der Waals surface area (Å²) >= 11 is 3.03. The van der Waals surface area contributed by atoms with E-state index in [9.17, 15) is 19.2 Å². The van der Waals surface area contributed by atoms with Crippen LogP contribution in [0.25, 0.3) is 5.69 Å². The van der Waals surface area contributed by atoms with Crippen LogP contribution in [0.2, 0.25) is 0 Å². The van der Waals surface area contributed by atoms with Crippen LogP contribution in [0, 0.1) is 17.1 Å². The van der Waals surface area contributed by atoms with Gasteiger partial charge in [0.1, 0.15) is 18.0 Å². The lowest BCUT2D eigenvalue weighted by molar-refractivity contribution is 0.0889. The Labute approximate surface area is 161 Å². The molecule has 1 saturated heterocycles. The molecule has 1 N–H and O–H groups in total. The summed E-state index contributed by atoms with van der Waals surface area (Å²) in [5, 5.41) is 22.3. The molecule has 2 aromatic rings. The highest BCUT2D eigenvalue weighted by molar-refractivity contribution is 9.10. The van der Waals surface area contributed by atoms with Crippen LogP contribution in [0.1, 0.15) is 18.5 Å². The second-order valence-corrected chi connectivity index (χ2v) is 6.76. The minimum atomic E-state index is -0.989. The number of carbonyl (C=O) groups is 1. The SMILES string of the molecule is N#Cc1nn(-c2ccc(Br)c(F)c2)c(=O)cc1OC1CCN(C(=O)O)CC1. The highest BCUT2D eigenvalue weighted by atomic mass is 79.9. The first-order valence-electron chi connectivity index (χ1n) is 8.03. The van der Waals surface area contributed by atoms with E-state index in [1.54, 1.807) is 0 Å². The fraction of sp³-hybridized carbons (Fsp3) is 0.294. The predicted octanol–water partition coefficient (Wildman–Crippen LogP) is 2.53. The lowest BCUT2D eigenvalue weighted by Gasteiger charge is -2.30. The Morgan fingerprint density at radius 2 is 2.07 bits per heavy atom. The number of aromatic nitrogens is 2. The summed E-state index contributed by atoms with van der Waals surface area (Å²) < 4.78 is 20.6. The summed E-state index contributed by atoms with van der Waals surface area (Å²) in [4.78, 5) is 24.6. The second kappa shape index (κ2) is 7.75. The number of nitriles is 1. The van der Waals surface area contributed by atoms with Crippen LogP contribution in [0.15, 0.2) is 33.5 Å². The monoisotopic (exact) mass is 436 g/mol.